The third-order valence-corrected chi connectivity index (χ3v) is 5.01. The summed E-state index contributed by atoms with van der Waals surface area (Å²) >= 11 is 1.53. The summed E-state index contributed by atoms with van der Waals surface area (Å²) in [5, 5.41) is 10.9. The second-order valence-electron chi connectivity index (χ2n) is 6.28. The molecule has 0 unspecified atom stereocenters. The van der Waals surface area contributed by atoms with E-state index in [1.807, 2.05) is 66.0 Å². The fraction of sp³-hybridized carbons (Fsp3) is 0.0909. The molecule has 144 valence electrons. The van der Waals surface area contributed by atoms with Crippen molar-refractivity contribution in [1.82, 2.24) is 20.0 Å². The largest absolute Gasteiger partial charge is 0.456 e. The average Bonchev–Trinajstić information content (AvgIpc) is 3.42. The van der Waals surface area contributed by atoms with Crippen LogP contribution in [0.1, 0.15) is 17.0 Å². The summed E-state index contributed by atoms with van der Waals surface area (Å²) in [6.45, 7) is 0.757. The van der Waals surface area contributed by atoms with Crippen LogP contribution in [-0.4, -0.2) is 25.9 Å². The van der Waals surface area contributed by atoms with Gasteiger partial charge in [-0.15, -0.1) is 16.4 Å². The van der Waals surface area contributed by atoms with Gasteiger partial charge in [-0.05, 0) is 11.6 Å². The molecule has 0 amide bonds. The maximum Gasteiger partial charge on any atom is 0.331 e. The molecule has 2 heterocycles. The molecular weight excluding hydrogens is 384 g/mol. The van der Waals surface area contributed by atoms with Crippen LogP contribution in [0.5, 0.6) is 0 Å². The number of esters is 1. The smallest absolute Gasteiger partial charge is 0.331 e. The highest BCUT2D eigenvalue weighted by Gasteiger charge is 2.06. The molecule has 0 bridgehead atoms. The van der Waals surface area contributed by atoms with Crippen LogP contribution >= 0.6 is 11.3 Å². The normalized spacial score (nSPS) is 11.0. The second-order valence-corrected chi connectivity index (χ2v) is 7.14. The van der Waals surface area contributed by atoms with Crippen molar-refractivity contribution in [2.24, 2.45) is 0 Å². The van der Waals surface area contributed by atoms with Crippen LogP contribution in [0.3, 0.4) is 0 Å². The van der Waals surface area contributed by atoms with Crippen molar-refractivity contribution in [1.29, 1.82) is 0 Å². The molecular formula is C22H18N4O2S. The van der Waals surface area contributed by atoms with Crippen LogP contribution in [0.4, 0.5) is 0 Å². The maximum atomic E-state index is 12.0. The molecule has 2 aromatic carbocycles. The van der Waals surface area contributed by atoms with E-state index in [0.29, 0.717) is 12.2 Å². The standard InChI is InChI=1S/C22H18N4O2S/c27-21(28-15-20-16-29-22(23-20)18-9-5-2-6-10-18)12-11-19-14-26(25-24-19)13-17-7-3-1-4-8-17/h1-12,14,16H,13,15H2/b12-11+. The summed E-state index contributed by atoms with van der Waals surface area (Å²) < 4.78 is 6.99. The van der Waals surface area contributed by atoms with Gasteiger partial charge >= 0.3 is 5.97 Å². The predicted molar refractivity (Wildman–Crippen MR) is 112 cm³/mol. The molecule has 0 fully saturated rings. The van der Waals surface area contributed by atoms with Gasteiger partial charge in [0.25, 0.3) is 0 Å². The van der Waals surface area contributed by atoms with Crippen LogP contribution in [0, 0.1) is 0 Å². The van der Waals surface area contributed by atoms with E-state index in [1.54, 1.807) is 17.0 Å². The zero-order valence-electron chi connectivity index (χ0n) is 15.5. The van der Waals surface area contributed by atoms with Gasteiger partial charge in [0.15, 0.2) is 0 Å². The first-order valence-electron chi connectivity index (χ1n) is 9.05. The van der Waals surface area contributed by atoms with Crippen molar-refractivity contribution >= 4 is 23.4 Å². The Labute approximate surface area is 172 Å². The lowest BCUT2D eigenvalue weighted by molar-refractivity contribution is -0.139. The van der Waals surface area contributed by atoms with E-state index in [1.165, 1.54) is 17.4 Å². The molecule has 6 nitrogen and oxygen atoms in total. The Hall–Kier alpha value is -3.58. The molecule has 2 aromatic heterocycles. The summed E-state index contributed by atoms with van der Waals surface area (Å²) in [6.07, 6.45) is 4.72. The summed E-state index contributed by atoms with van der Waals surface area (Å²) in [5.74, 6) is -0.447. The van der Waals surface area contributed by atoms with Crippen LogP contribution in [0.25, 0.3) is 16.6 Å². The first-order chi connectivity index (χ1) is 14.3. The average molecular weight is 402 g/mol. The lowest BCUT2D eigenvalue weighted by atomic mass is 10.2. The number of benzene rings is 2. The molecule has 29 heavy (non-hydrogen) atoms. The number of thiazole rings is 1. The predicted octanol–water partition coefficient (Wildman–Crippen LogP) is 4.21. The lowest BCUT2D eigenvalue weighted by Crippen LogP contribution is -2.01. The first kappa shape index (κ1) is 18.8. The number of carbonyl (C=O) groups is 1. The van der Waals surface area contributed by atoms with Crippen LogP contribution in [0.2, 0.25) is 0 Å². The quantitative estimate of drug-likeness (QED) is 0.342. The number of nitrogens with zero attached hydrogens (tertiary/aromatic N) is 4. The topological polar surface area (TPSA) is 69.9 Å². The second kappa shape index (κ2) is 9.07. The molecule has 0 N–H and O–H groups in total. The number of ether oxygens (including phenoxy) is 1. The molecule has 0 saturated heterocycles. The summed E-state index contributed by atoms with van der Waals surface area (Å²) in [5.41, 5.74) is 3.50. The Morgan fingerprint density at radius 1 is 1.07 bits per heavy atom. The Morgan fingerprint density at radius 2 is 1.83 bits per heavy atom. The van der Waals surface area contributed by atoms with Crippen LogP contribution in [0.15, 0.2) is 78.3 Å². The highest BCUT2D eigenvalue weighted by Crippen LogP contribution is 2.23. The Bertz CT molecular complexity index is 1100. The van der Waals surface area contributed by atoms with Gasteiger partial charge in [-0.1, -0.05) is 65.9 Å². The molecule has 0 aliphatic rings. The van der Waals surface area contributed by atoms with E-state index in [2.05, 4.69) is 15.3 Å². The summed E-state index contributed by atoms with van der Waals surface area (Å²) in [7, 11) is 0. The van der Waals surface area contributed by atoms with Crippen LogP contribution < -0.4 is 0 Å². The molecule has 0 aliphatic carbocycles. The highest BCUT2D eigenvalue weighted by molar-refractivity contribution is 7.13. The highest BCUT2D eigenvalue weighted by atomic mass is 32.1. The molecule has 0 radical (unpaired) electrons. The number of aromatic nitrogens is 4. The van der Waals surface area contributed by atoms with Gasteiger partial charge in [0.1, 0.15) is 17.3 Å². The van der Waals surface area contributed by atoms with Crippen molar-refractivity contribution in [2.45, 2.75) is 13.2 Å². The minimum Gasteiger partial charge on any atom is -0.456 e. The maximum absolute atomic E-state index is 12.0. The van der Waals surface area contributed by atoms with Gasteiger partial charge in [-0.2, -0.15) is 0 Å². The van der Waals surface area contributed by atoms with E-state index in [9.17, 15) is 4.79 Å². The van der Waals surface area contributed by atoms with Gasteiger partial charge in [0.05, 0.1) is 18.4 Å². The minimum absolute atomic E-state index is 0.132. The summed E-state index contributed by atoms with van der Waals surface area (Å²) in [4.78, 5) is 16.5. The van der Waals surface area contributed by atoms with E-state index in [0.717, 1.165) is 21.8 Å². The minimum atomic E-state index is -0.447. The van der Waals surface area contributed by atoms with E-state index in [4.69, 9.17) is 4.74 Å². The van der Waals surface area contributed by atoms with Crippen molar-refractivity contribution in [2.75, 3.05) is 0 Å². The molecule has 0 aliphatic heterocycles. The molecule has 0 spiro atoms. The molecule has 0 saturated carbocycles. The first-order valence-corrected chi connectivity index (χ1v) is 9.93. The number of hydrogen-bond donors (Lipinski definition) is 0. The van der Waals surface area contributed by atoms with Gasteiger partial charge in [0, 0.05) is 17.0 Å². The third kappa shape index (κ3) is 5.24. The van der Waals surface area contributed by atoms with Gasteiger partial charge in [0.2, 0.25) is 0 Å². The van der Waals surface area contributed by atoms with Gasteiger partial charge in [-0.25, -0.2) is 14.5 Å². The fourth-order valence-corrected chi connectivity index (χ4v) is 3.48. The third-order valence-electron chi connectivity index (χ3n) is 4.07. The zero-order chi connectivity index (χ0) is 19.9. The van der Waals surface area contributed by atoms with Crippen molar-refractivity contribution in [3.05, 3.63) is 95.3 Å². The lowest BCUT2D eigenvalue weighted by Gasteiger charge is -1.99. The zero-order valence-corrected chi connectivity index (χ0v) is 16.3. The van der Waals surface area contributed by atoms with E-state index in [-0.39, 0.29) is 6.61 Å². The van der Waals surface area contributed by atoms with Crippen molar-refractivity contribution < 1.29 is 9.53 Å². The van der Waals surface area contributed by atoms with Gasteiger partial charge < -0.3 is 4.74 Å². The Kier molecular flexibility index (Phi) is 5.87. The fourth-order valence-electron chi connectivity index (χ4n) is 2.67. The SMILES string of the molecule is O=C(/C=C/c1cn(Cc2ccccc2)nn1)OCc1csc(-c2ccccc2)n1. The molecule has 7 heteroatoms. The molecule has 0 atom stereocenters. The Morgan fingerprint density at radius 3 is 2.62 bits per heavy atom. The summed E-state index contributed by atoms with van der Waals surface area (Å²) in [6, 6.07) is 19.9. The Balaban J connectivity index is 1.29. The number of carbonyl (C=O) groups excluding carboxylic acids is 1. The number of rotatable bonds is 7. The van der Waals surface area contributed by atoms with Crippen molar-refractivity contribution in [3.8, 4) is 10.6 Å². The monoisotopic (exact) mass is 402 g/mol. The number of hydrogen-bond acceptors (Lipinski definition) is 6. The van der Waals surface area contributed by atoms with E-state index >= 15 is 0 Å². The molecule has 4 rings (SSSR count). The van der Waals surface area contributed by atoms with E-state index < -0.39 is 5.97 Å². The van der Waals surface area contributed by atoms with Crippen molar-refractivity contribution in [3.63, 3.8) is 0 Å². The van der Waals surface area contributed by atoms with Crippen LogP contribution in [-0.2, 0) is 22.7 Å². The molecule has 4 aromatic rings. The van der Waals surface area contributed by atoms with Gasteiger partial charge in [-0.3, -0.25) is 0 Å².